The number of nitrogens with one attached hydrogen (secondary N) is 1. The fourth-order valence-electron chi connectivity index (χ4n) is 2.05. The zero-order chi connectivity index (χ0) is 13.1. The number of carbonyl (C=O) groups is 1. The van der Waals surface area contributed by atoms with Gasteiger partial charge in [0.05, 0.1) is 7.11 Å². The van der Waals surface area contributed by atoms with Crippen LogP contribution in [0.25, 0.3) is 0 Å². The van der Waals surface area contributed by atoms with Crippen LogP contribution in [0.1, 0.15) is 23.0 Å². The summed E-state index contributed by atoms with van der Waals surface area (Å²) >= 11 is 0. The van der Waals surface area contributed by atoms with Crippen LogP contribution in [0.2, 0.25) is 0 Å². The summed E-state index contributed by atoms with van der Waals surface area (Å²) in [6.07, 6.45) is 0.335. The zero-order valence-corrected chi connectivity index (χ0v) is 10.5. The van der Waals surface area contributed by atoms with Crippen LogP contribution in [-0.2, 0) is 14.2 Å². The van der Waals surface area contributed by atoms with Crippen molar-refractivity contribution in [3.8, 4) is 0 Å². The van der Waals surface area contributed by atoms with Gasteiger partial charge in [0.25, 0.3) is 0 Å². The van der Waals surface area contributed by atoms with Gasteiger partial charge in [-0.1, -0.05) is 5.21 Å². The quantitative estimate of drug-likeness (QED) is 0.601. The summed E-state index contributed by atoms with van der Waals surface area (Å²) < 4.78 is 16.7. The van der Waals surface area contributed by atoms with Gasteiger partial charge in [-0.05, 0) is 6.42 Å². The topological polar surface area (TPSA) is 87.5 Å². The van der Waals surface area contributed by atoms with Crippen LogP contribution in [0.3, 0.4) is 0 Å². The Morgan fingerprint density at radius 3 is 2.78 bits per heavy atom. The summed E-state index contributed by atoms with van der Waals surface area (Å²) in [7, 11) is 4.43. The van der Waals surface area contributed by atoms with Crippen LogP contribution in [-0.4, -0.2) is 55.1 Å². The molecule has 0 aromatic carbocycles. The van der Waals surface area contributed by atoms with E-state index >= 15 is 0 Å². The fraction of sp³-hybridized carbons (Fsp3) is 0.700. The monoisotopic (exact) mass is 256 g/mol. The van der Waals surface area contributed by atoms with Crippen molar-refractivity contribution in [2.75, 3.05) is 33.2 Å². The van der Waals surface area contributed by atoms with Crippen molar-refractivity contribution in [1.82, 2.24) is 15.0 Å². The molecule has 8 heteroatoms. The summed E-state index contributed by atoms with van der Waals surface area (Å²) in [5.74, 6) is 0.0213. The molecule has 1 aliphatic heterocycles. The molecular weight excluding hydrogens is 240 g/mol. The number of aromatic nitrogens is 3. The van der Waals surface area contributed by atoms with Gasteiger partial charge in [-0.25, -0.2) is 9.48 Å². The summed E-state index contributed by atoms with van der Waals surface area (Å²) in [6, 6.07) is -0.123. The van der Waals surface area contributed by atoms with E-state index in [4.69, 9.17) is 9.47 Å². The maximum absolute atomic E-state index is 11.5. The van der Waals surface area contributed by atoms with Crippen molar-refractivity contribution in [2.24, 2.45) is 0 Å². The summed E-state index contributed by atoms with van der Waals surface area (Å²) in [4.78, 5) is 11.5. The van der Waals surface area contributed by atoms with Crippen LogP contribution in [0.4, 0.5) is 5.82 Å². The second-order valence-corrected chi connectivity index (χ2v) is 3.85. The summed E-state index contributed by atoms with van der Waals surface area (Å²) in [6.45, 7) is 0.686. The average Bonchev–Trinajstić information content (AvgIpc) is 2.84. The summed E-state index contributed by atoms with van der Waals surface area (Å²) in [5, 5.41) is 10.9. The molecule has 0 saturated carbocycles. The standard InChI is InChI=1S/C10H16N4O4/c1-16-9(15)7-8-11-5-4-6(10(17-2)18-3)14(8)13-12-7/h6,10-11H,4-5H2,1-3H3. The Morgan fingerprint density at radius 1 is 1.44 bits per heavy atom. The second kappa shape index (κ2) is 5.32. The minimum atomic E-state index is -0.518. The molecule has 8 nitrogen and oxygen atoms in total. The Bertz CT molecular complexity index is 430. The van der Waals surface area contributed by atoms with E-state index in [-0.39, 0.29) is 11.7 Å². The lowest BCUT2D eigenvalue weighted by Gasteiger charge is -2.29. The molecule has 2 rings (SSSR count). The smallest absolute Gasteiger partial charge is 0.362 e. The first kappa shape index (κ1) is 12.8. The number of hydrogen-bond donors (Lipinski definition) is 1. The van der Waals surface area contributed by atoms with Crippen molar-refractivity contribution in [1.29, 1.82) is 0 Å². The molecule has 1 N–H and O–H groups in total. The maximum atomic E-state index is 11.5. The van der Waals surface area contributed by atoms with Crippen LogP contribution in [0.5, 0.6) is 0 Å². The van der Waals surface area contributed by atoms with Gasteiger partial charge >= 0.3 is 5.97 Å². The van der Waals surface area contributed by atoms with Gasteiger partial charge in [-0.15, -0.1) is 5.10 Å². The Hall–Kier alpha value is -1.67. The number of methoxy groups -OCH3 is 3. The minimum absolute atomic E-state index is 0.123. The molecule has 0 amide bonds. The van der Waals surface area contributed by atoms with Crippen LogP contribution in [0.15, 0.2) is 0 Å². The molecule has 1 unspecified atom stereocenters. The van der Waals surface area contributed by atoms with Crippen molar-refractivity contribution < 1.29 is 19.0 Å². The number of nitrogens with zero attached hydrogens (tertiary/aromatic N) is 3. The van der Waals surface area contributed by atoms with Crippen LogP contribution < -0.4 is 5.32 Å². The molecule has 1 aliphatic rings. The lowest BCUT2D eigenvalue weighted by atomic mass is 10.1. The molecule has 0 fully saturated rings. The fourth-order valence-corrected chi connectivity index (χ4v) is 2.05. The highest BCUT2D eigenvalue weighted by Gasteiger charge is 2.32. The SMILES string of the molecule is COC(=O)c1nnn2c1NCCC2C(OC)OC. The van der Waals surface area contributed by atoms with Gasteiger partial charge < -0.3 is 19.5 Å². The molecule has 100 valence electrons. The van der Waals surface area contributed by atoms with E-state index in [1.165, 1.54) is 7.11 Å². The molecule has 0 spiro atoms. The summed E-state index contributed by atoms with van der Waals surface area (Å²) in [5.41, 5.74) is 0.174. The van der Waals surface area contributed by atoms with Crippen molar-refractivity contribution >= 4 is 11.8 Å². The van der Waals surface area contributed by atoms with Gasteiger partial charge in [0, 0.05) is 20.8 Å². The first-order chi connectivity index (χ1) is 8.72. The Morgan fingerprint density at radius 2 is 2.17 bits per heavy atom. The van der Waals surface area contributed by atoms with Crippen molar-refractivity contribution in [3.05, 3.63) is 5.69 Å². The Kier molecular flexibility index (Phi) is 3.78. The number of anilines is 1. The molecule has 0 radical (unpaired) electrons. The normalized spacial score (nSPS) is 18.3. The first-order valence-electron chi connectivity index (χ1n) is 5.55. The van der Waals surface area contributed by atoms with Crippen LogP contribution in [0, 0.1) is 0 Å². The van der Waals surface area contributed by atoms with Gasteiger partial charge in [0.2, 0.25) is 5.69 Å². The van der Waals surface area contributed by atoms with E-state index in [2.05, 4.69) is 20.4 Å². The van der Waals surface area contributed by atoms with E-state index in [1.54, 1.807) is 18.9 Å². The first-order valence-corrected chi connectivity index (χ1v) is 5.55. The second-order valence-electron chi connectivity index (χ2n) is 3.85. The number of esters is 1. The highest BCUT2D eigenvalue weighted by Crippen LogP contribution is 2.28. The predicted octanol–water partition coefficient (Wildman–Crippen LogP) is 0.0403. The van der Waals surface area contributed by atoms with Gasteiger partial charge in [0.15, 0.2) is 12.1 Å². The molecule has 1 aromatic heterocycles. The number of rotatable bonds is 4. The zero-order valence-electron chi connectivity index (χ0n) is 10.5. The molecule has 0 saturated heterocycles. The molecule has 1 aromatic rings. The number of carbonyl (C=O) groups excluding carboxylic acids is 1. The Balaban J connectivity index is 2.33. The third-order valence-corrected chi connectivity index (χ3v) is 2.90. The lowest BCUT2D eigenvalue weighted by molar-refractivity contribution is -0.135. The van der Waals surface area contributed by atoms with E-state index < -0.39 is 12.3 Å². The molecule has 2 heterocycles. The molecular formula is C10H16N4O4. The molecule has 0 bridgehead atoms. The van der Waals surface area contributed by atoms with E-state index in [0.29, 0.717) is 12.4 Å². The van der Waals surface area contributed by atoms with Gasteiger partial charge in [-0.2, -0.15) is 0 Å². The van der Waals surface area contributed by atoms with E-state index in [9.17, 15) is 4.79 Å². The highest BCUT2D eigenvalue weighted by molar-refractivity contribution is 5.92. The Labute approximate surface area is 104 Å². The highest BCUT2D eigenvalue weighted by atomic mass is 16.7. The van der Waals surface area contributed by atoms with E-state index in [0.717, 1.165) is 6.42 Å². The maximum Gasteiger partial charge on any atom is 0.362 e. The molecule has 18 heavy (non-hydrogen) atoms. The number of hydrogen-bond acceptors (Lipinski definition) is 7. The lowest BCUT2D eigenvalue weighted by Crippen LogP contribution is -2.34. The van der Waals surface area contributed by atoms with Gasteiger partial charge in [0.1, 0.15) is 6.04 Å². The minimum Gasteiger partial charge on any atom is -0.464 e. The number of ether oxygens (including phenoxy) is 3. The van der Waals surface area contributed by atoms with E-state index in [1.807, 2.05) is 0 Å². The molecule has 1 atom stereocenters. The average molecular weight is 256 g/mol. The van der Waals surface area contributed by atoms with Crippen molar-refractivity contribution in [3.63, 3.8) is 0 Å². The third kappa shape index (κ3) is 2.04. The predicted molar refractivity (Wildman–Crippen MR) is 61.3 cm³/mol. The van der Waals surface area contributed by atoms with Gasteiger partial charge in [-0.3, -0.25) is 0 Å². The third-order valence-electron chi connectivity index (χ3n) is 2.90. The number of fused-ring (bicyclic) bond motifs is 1. The van der Waals surface area contributed by atoms with Crippen LogP contribution >= 0.6 is 0 Å². The molecule has 0 aliphatic carbocycles. The largest absolute Gasteiger partial charge is 0.464 e. The van der Waals surface area contributed by atoms with Crippen molar-refractivity contribution in [2.45, 2.75) is 18.8 Å².